The Balaban J connectivity index is 1.60. The number of nitrogens with one attached hydrogen (secondary N) is 1. The van der Waals surface area contributed by atoms with Crippen LogP contribution in [0.25, 0.3) is 0 Å². The summed E-state index contributed by atoms with van der Waals surface area (Å²) in [5.74, 6) is -0.0470. The number of anilines is 1. The number of carbonyl (C=O) groups is 2. The van der Waals surface area contributed by atoms with Crippen molar-refractivity contribution in [3.63, 3.8) is 0 Å². The molecule has 1 aliphatic rings. The molecule has 0 spiro atoms. The number of aryl methyl sites for hydroxylation is 2. The lowest BCUT2D eigenvalue weighted by Crippen LogP contribution is -2.54. The molecule has 258 valence electrons. The average Bonchev–Trinajstić information content (AvgIpc) is 3.62. The highest BCUT2D eigenvalue weighted by atomic mass is 32.2. The molecule has 0 bridgehead atoms. The lowest BCUT2D eigenvalue weighted by atomic mass is 10.0. The molecule has 0 unspecified atom stereocenters. The van der Waals surface area contributed by atoms with E-state index in [0.29, 0.717) is 11.5 Å². The van der Waals surface area contributed by atoms with Crippen LogP contribution < -0.4 is 19.1 Å². The van der Waals surface area contributed by atoms with Gasteiger partial charge in [-0.2, -0.15) is 0 Å². The van der Waals surface area contributed by atoms with Gasteiger partial charge in [-0.05, 0) is 62.1 Å². The first kappa shape index (κ1) is 35.5. The van der Waals surface area contributed by atoms with Crippen LogP contribution in [0, 0.1) is 13.8 Å². The normalized spacial score (nSPS) is 13.8. The van der Waals surface area contributed by atoms with E-state index < -0.39 is 28.5 Å². The molecule has 49 heavy (non-hydrogen) atoms. The maximum absolute atomic E-state index is 14.8. The fourth-order valence-corrected chi connectivity index (χ4v) is 7.68. The first-order valence-electron chi connectivity index (χ1n) is 16.6. The van der Waals surface area contributed by atoms with Crippen LogP contribution in [0.3, 0.4) is 0 Å². The first-order chi connectivity index (χ1) is 23.6. The monoisotopic (exact) mass is 683 g/mol. The van der Waals surface area contributed by atoms with Crippen LogP contribution in [-0.4, -0.2) is 58.0 Å². The van der Waals surface area contributed by atoms with Crippen molar-refractivity contribution < 1.29 is 27.5 Å². The van der Waals surface area contributed by atoms with Crippen molar-refractivity contribution in [3.05, 3.63) is 119 Å². The third-order valence-corrected chi connectivity index (χ3v) is 10.7. The van der Waals surface area contributed by atoms with E-state index in [1.54, 1.807) is 24.3 Å². The van der Waals surface area contributed by atoms with Crippen LogP contribution in [0.4, 0.5) is 5.69 Å². The van der Waals surface area contributed by atoms with Crippen molar-refractivity contribution in [2.45, 2.75) is 69.5 Å². The van der Waals surface area contributed by atoms with Gasteiger partial charge in [-0.1, -0.05) is 90.7 Å². The van der Waals surface area contributed by atoms with Gasteiger partial charge < -0.3 is 19.7 Å². The molecule has 1 atom stereocenters. The minimum absolute atomic E-state index is 0.0331. The van der Waals surface area contributed by atoms with E-state index in [9.17, 15) is 18.0 Å². The minimum atomic E-state index is -4.26. The van der Waals surface area contributed by atoms with Gasteiger partial charge in [-0.25, -0.2) is 8.42 Å². The van der Waals surface area contributed by atoms with E-state index in [-0.39, 0.29) is 35.5 Å². The predicted molar refractivity (Wildman–Crippen MR) is 191 cm³/mol. The van der Waals surface area contributed by atoms with Gasteiger partial charge in [-0.3, -0.25) is 13.9 Å². The number of sulfonamides is 1. The molecule has 1 fully saturated rings. The second kappa shape index (κ2) is 16.0. The highest BCUT2D eigenvalue weighted by Gasteiger charge is 2.36. The summed E-state index contributed by atoms with van der Waals surface area (Å²) in [6.07, 6.45) is 4.11. The van der Waals surface area contributed by atoms with Crippen LogP contribution in [0.5, 0.6) is 11.5 Å². The zero-order valence-electron chi connectivity index (χ0n) is 28.6. The number of methoxy groups -OCH3 is 2. The highest BCUT2D eigenvalue weighted by Crippen LogP contribution is 2.34. The number of hydrogen-bond acceptors (Lipinski definition) is 6. The molecule has 4 aromatic rings. The lowest BCUT2D eigenvalue weighted by Gasteiger charge is -2.34. The standard InChI is InChI=1S/C39H45N3O6S/c1-28-17-20-34(21-18-28)49(45,46)42(33-19-22-36(47-3)37(25-33)48-4)27-38(43)41(26-31-14-10-11-29(2)23-31)35(24-30-12-6-5-7-13-30)39(44)40-32-15-8-9-16-32/h5-7,10-14,17-23,25,32,35H,8-9,15-16,24,26-27H2,1-4H3,(H,40,44)/t35-/m1/s1. The summed E-state index contributed by atoms with van der Waals surface area (Å²) >= 11 is 0. The Kier molecular flexibility index (Phi) is 11.6. The molecule has 9 nitrogen and oxygen atoms in total. The van der Waals surface area contributed by atoms with E-state index in [1.807, 2.05) is 68.4 Å². The van der Waals surface area contributed by atoms with E-state index in [4.69, 9.17) is 9.47 Å². The Morgan fingerprint density at radius 1 is 0.796 bits per heavy atom. The number of nitrogens with zero attached hydrogens (tertiary/aromatic N) is 2. The number of carbonyl (C=O) groups excluding carboxylic acids is 2. The summed E-state index contributed by atoms with van der Waals surface area (Å²) in [7, 11) is -1.30. The van der Waals surface area contributed by atoms with E-state index in [2.05, 4.69) is 5.32 Å². The Hall–Kier alpha value is -4.83. The topological polar surface area (TPSA) is 105 Å². The molecule has 4 aromatic carbocycles. The number of amides is 2. The molecular weight excluding hydrogens is 639 g/mol. The Morgan fingerprint density at radius 3 is 2.12 bits per heavy atom. The maximum atomic E-state index is 14.8. The van der Waals surface area contributed by atoms with Crippen LogP contribution in [0.15, 0.2) is 102 Å². The molecule has 0 heterocycles. The third-order valence-electron chi connectivity index (χ3n) is 8.95. The largest absolute Gasteiger partial charge is 0.493 e. The Bertz CT molecular complexity index is 1840. The summed E-state index contributed by atoms with van der Waals surface area (Å²) in [5.41, 5.74) is 3.85. The number of hydrogen-bond donors (Lipinski definition) is 1. The van der Waals surface area contributed by atoms with Gasteiger partial charge in [-0.15, -0.1) is 0 Å². The molecule has 5 rings (SSSR count). The molecule has 0 saturated heterocycles. The third kappa shape index (κ3) is 8.80. The van der Waals surface area contributed by atoms with Crippen molar-refractivity contribution in [3.8, 4) is 11.5 Å². The van der Waals surface area contributed by atoms with Gasteiger partial charge in [0.15, 0.2) is 11.5 Å². The number of ether oxygens (including phenoxy) is 2. The van der Waals surface area contributed by atoms with Crippen molar-refractivity contribution in [2.24, 2.45) is 0 Å². The van der Waals surface area contributed by atoms with Crippen molar-refractivity contribution in [2.75, 3.05) is 25.1 Å². The Morgan fingerprint density at radius 2 is 1.47 bits per heavy atom. The van der Waals surface area contributed by atoms with Crippen molar-refractivity contribution >= 4 is 27.5 Å². The molecule has 0 aliphatic heterocycles. The number of benzene rings is 4. The smallest absolute Gasteiger partial charge is 0.264 e. The molecule has 10 heteroatoms. The fourth-order valence-electron chi connectivity index (χ4n) is 6.27. The summed E-state index contributed by atoms with van der Waals surface area (Å²) in [4.78, 5) is 30.5. The zero-order chi connectivity index (χ0) is 35.0. The van der Waals surface area contributed by atoms with Gasteiger partial charge in [0.05, 0.1) is 24.8 Å². The van der Waals surface area contributed by atoms with E-state index in [1.165, 1.54) is 37.3 Å². The van der Waals surface area contributed by atoms with E-state index >= 15 is 0 Å². The summed E-state index contributed by atoms with van der Waals surface area (Å²) in [6.45, 7) is 3.40. The predicted octanol–water partition coefficient (Wildman–Crippen LogP) is 6.21. The van der Waals surface area contributed by atoms with Gasteiger partial charge in [0, 0.05) is 25.1 Å². The van der Waals surface area contributed by atoms with Gasteiger partial charge >= 0.3 is 0 Å². The highest BCUT2D eigenvalue weighted by molar-refractivity contribution is 7.92. The molecule has 0 aromatic heterocycles. The van der Waals surface area contributed by atoms with Crippen LogP contribution in [0.2, 0.25) is 0 Å². The van der Waals surface area contributed by atoms with Crippen LogP contribution in [0.1, 0.15) is 47.9 Å². The van der Waals surface area contributed by atoms with Crippen LogP contribution in [-0.2, 0) is 32.6 Å². The van der Waals surface area contributed by atoms with Gasteiger partial charge in [0.25, 0.3) is 10.0 Å². The van der Waals surface area contributed by atoms with Crippen LogP contribution >= 0.6 is 0 Å². The summed E-state index contributed by atoms with van der Waals surface area (Å²) in [6, 6.07) is 27.7. The zero-order valence-corrected chi connectivity index (χ0v) is 29.4. The average molecular weight is 684 g/mol. The molecule has 1 saturated carbocycles. The minimum Gasteiger partial charge on any atom is -0.493 e. The SMILES string of the molecule is COc1ccc(N(CC(=O)N(Cc2cccc(C)c2)[C@H](Cc2ccccc2)C(=O)NC2CCCC2)S(=O)(=O)c2ccc(C)cc2)cc1OC. The first-order valence-corrected chi connectivity index (χ1v) is 18.0. The van der Waals surface area contributed by atoms with Crippen molar-refractivity contribution in [1.82, 2.24) is 10.2 Å². The molecular formula is C39H45N3O6S. The number of rotatable bonds is 14. The molecule has 1 N–H and O–H groups in total. The van der Waals surface area contributed by atoms with E-state index in [0.717, 1.165) is 52.2 Å². The van der Waals surface area contributed by atoms with Gasteiger partial charge in [0.1, 0.15) is 12.6 Å². The van der Waals surface area contributed by atoms with Crippen molar-refractivity contribution in [1.29, 1.82) is 0 Å². The maximum Gasteiger partial charge on any atom is 0.264 e. The summed E-state index contributed by atoms with van der Waals surface area (Å²) < 4.78 is 40.8. The molecule has 1 aliphatic carbocycles. The second-order valence-electron chi connectivity index (χ2n) is 12.6. The lowest BCUT2D eigenvalue weighted by molar-refractivity contribution is -0.140. The second-order valence-corrected chi connectivity index (χ2v) is 14.4. The fraction of sp³-hybridized carbons (Fsp3) is 0.333. The molecule has 0 radical (unpaired) electrons. The molecule has 2 amide bonds. The summed E-state index contributed by atoms with van der Waals surface area (Å²) in [5, 5.41) is 3.21. The van der Waals surface area contributed by atoms with Gasteiger partial charge in [0.2, 0.25) is 11.8 Å². The Labute approximate surface area is 289 Å². The quantitative estimate of drug-likeness (QED) is 0.169.